The van der Waals surface area contributed by atoms with Crippen molar-refractivity contribution in [1.29, 1.82) is 0 Å². The average molecular weight is 919 g/mol. The van der Waals surface area contributed by atoms with Crippen molar-refractivity contribution in [3.05, 3.63) is 156 Å². The van der Waals surface area contributed by atoms with Crippen molar-refractivity contribution in [3.63, 3.8) is 0 Å². The summed E-state index contributed by atoms with van der Waals surface area (Å²) in [6.07, 6.45) is -1.14. The zero-order valence-electron chi connectivity index (χ0n) is 38.4. The van der Waals surface area contributed by atoms with Gasteiger partial charge >= 0.3 is 24.0 Å². The fraction of sp³-hybridized carbons (Fsp3) is 0.360. The Balaban J connectivity index is 0.00000840. The summed E-state index contributed by atoms with van der Waals surface area (Å²) < 4.78 is 11.7. The number of likely N-dealkylation sites (tertiary alicyclic amines) is 2. The van der Waals surface area contributed by atoms with Gasteiger partial charge in [0.2, 0.25) is 0 Å². The highest BCUT2D eigenvalue weighted by Crippen LogP contribution is 2.52. The van der Waals surface area contributed by atoms with Gasteiger partial charge < -0.3 is 56.7 Å². The molecule has 8 N–H and O–H groups in total. The Morgan fingerprint density at radius 3 is 1.10 bits per heavy atom. The summed E-state index contributed by atoms with van der Waals surface area (Å²) in [5.74, 6) is -5.87. The van der Waals surface area contributed by atoms with Gasteiger partial charge in [0.1, 0.15) is 11.1 Å². The lowest BCUT2D eigenvalue weighted by atomic mass is 9.71. The molecule has 4 unspecified atom stereocenters. The number of carbonyl (C=O) groups is 6. The van der Waals surface area contributed by atoms with Crippen molar-refractivity contribution in [2.75, 3.05) is 67.5 Å². The predicted octanol–water partition coefficient (Wildman–Crippen LogP) is 2.59. The molecule has 2 fully saturated rings. The standard InChI is InChI=1S/C50H60N8O8.H2O/c1-55(2)33-29-53-47(63)57-31-27-39(49(57,35-17-9-5-10-18-35)36-19-11-6-12-20-36)43(45(51)61)65-41(59)25-26-42(60)66-44(46(52)62)40-28-32-58(48(64)54-30-34-56(3)4)50(40,37-21-13-7-14-22-37)38-23-15-8-16-24-38;/h5-26,39-40,43-44H,27-34H2,1-4H3,(H2,51,61)(H2,52,62)(H,53,63)(H,54,64);1H2/b26-25+;. The van der Waals surface area contributed by atoms with E-state index < -0.39 is 58.9 Å². The summed E-state index contributed by atoms with van der Waals surface area (Å²) >= 11 is 0. The molecule has 4 aromatic carbocycles. The van der Waals surface area contributed by atoms with Crippen LogP contribution >= 0.6 is 0 Å². The SMILES string of the molecule is CN(C)CCNC(=O)N1CCC(C(OC(=O)/C=C/C(=O)OC(C(N)=O)C2CCN(C(=O)NCCN(C)C)C2(c2ccccc2)c2ccccc2)C(N)=O)C1(c1ccccc1)c1ccccc1.O. The molecule has 2 aliphatic heterocycles. The van der Waals surface area contributed by atoms with Crippen molar-refractivity contribution in [2.45, 2.75) is 36.1 Å². The quantitative estimate of drug-likeness (QED) is 0.0840. The molecular weight excluding hydrogens is 857 g/mol. The number of carbonyl (C=O) groups excluding carboxylic acids is 6. The summed E-state index contributed by atoms with van der Waals surface area (Å²) in [6.45, 7) is 2.23. The second-order valence-corrected chi connectivity index (χ2v) is 17.0. The number of urea groups is 2. The Labute approximate surface area is 391 Å². The lowest BCUT2D eigenvalue weighted by molar-refractivity contribution is -0.156. The van der Waals surface area contributed by atoms with Crippen molar-refractivity contribution >= 4 is 35.8 Å². The van der Waals surface area contributed by atoms with E-state index in [2.05, 4.69) is 10.6 Å². The second kappa shape index (κ2) is 22.9. The first-order valence-corrected chi connectivity index (χ1v) is 22.0. The largest absolute Gasteiger partial charge is 0.449 e. The van der Waals surface area contributed by atoms with E-state index in [1.165, 1.54) is 0 Å². The molecule has 4 aromatic rings. The zero-order chi connectivity index (χ0) is 47.4. The summed E-state index contributed by atoms with van der Waals surface area (Å²) in [6, 6.07) is 36.0. The molecule has 17 nitrogen and oxygen atoms in total. The van der Waals surface area contributed by atoms with Crippen LogP contribution in [0.3, 0.4) is 0 Å². The van der Waals surface area contributed by atoms with Crippen molar-refractivity contribution < 1.29 is 43.7 Å². The van der Waals surface area contributed by atoms with E-state index in [4.69, 9.17) is 20.9 Å². The first kappa shape index (κ1) is 50.9. The summed E-state index contributed by atoms with van der Waals surface area (Å²) in [5.41, 5.74) is 12.1. The summed E-state index contributed by atoms with van der Waals surface area (Å²) in [4.78, 5) is 89.9. The first-order chi connectivity index (χ1) is 31.7. The Hall–Kier alpha value is -7.08. The molecule has 17 heteroatoms. The third kappa shape index (κ3) is 11.0. The number of likely N-dealkylation sites (N-methyl/N-ethyl adjacent to an activating group) is 2. The number of nitrogens with two attached hydrogens (primary N) is 2. The van der Waals surface area contributed by atoms with Gasteiger partial charge in [0, 0.05) is 63.3 Å². The van der Waals surface area contributed by atoms with Crippen LogP contribution in [-0.4, -0.2) is 141 Å². The Morgan fingerprint density at radius 1 is 0.567 bits per heavy atom. The summed E-state index contributed by atoms with van der Waals surface area (Å²) in [5, 5.41) is 6.00. The van der Waals surface area contributed by atoms with E-state index in [-0.39, 0.29) is 43.5 Å². The van der Waals surface area contributed by atoms with Crippen LogP contribution < -0.4 is 22.1 Å². The monoisotopic (exact) mass is 918 g/mol. The molecule has 2 heterocycles. The molecule has 6 amide bonds. The van der Waals surface area contributed by atoms with Gasteiger partial charge in [-0.2, -0.15) is 0 Å². The Morgan fingerprint density at radius 2 is 0.851 bits per heavy atom. The number of esters is 2. The lowest BCUT2D eigenvalue weighted by Gasteiger charge is -2.45. The smallest absolute Gasteiger partial charge is 0.331 e. The maximum atomic E-state index is 14.1. The molecule has 67 heavy (non-hydrogen) atoms. The van der Waals surface area contributed by atoms with Gasteiger partial charge in [0.25, 0.3) is 11.8 Å². The van der Waals surface area contributed by atoms with E-state index >= 15 is 0 Å². The average Bonchev–Trinajstić information content (AvgIpc) is 3.91. The number of hydrogen-bond donors (Lipinski definition) is 4. The van der Waals surface area contributed by atoms with Crippen LogP contribution in [0, 0.1) is 11.8 Å². The fourth-order valence-corrected chi connectivity index (χ4v) is 9.66. The lowest BCUT2D eigenvalue weighted by Crippen LogP contribution is -2.57. The molecule has 0 bridgehead atoms. The number of nitrogens with one attached hydrogen (secondary N) is 2. The topological polar surface area (TPSA) is 241 Å². The number of hydrogen-bond acceptors (Lipinski definition) is 10. The minimum Gasteiger partial charge on any atom is -0.449 e. The number of ether oxygens (including phenoxy) is 2. The molecule has 6 rings (SSSR count). The maximum absolute atomic E-state index is 14.1. The van der Waals surface area contributed by atoms with Gasteiger partial charge in [-0.3, -0.25) is 9.59 Å². The van der Waals surface area contributed by atoms with E-state index in [0.717, 1.165) is 12.2 Å². The van der Waals surface area contributed by atoms with Gasteiger partial charge in [-0.15, -0.1) is 0 Å². The van der Waals surface area contributed by atoms with Crippen LogP contribution in [0.5, 0.6) is 0 Å². The second-order valence-electron chi connectivity index (χ2n) is 17.0. The molecule has 2 aliphatic rings. The van der Waals surface area contributed by atoms with Gasteiger partial charge in [-0.05, 0) is 63.3 Å². The Kier molecular flexibility index (Phi) is 17.4. The highest BCUT2D eigenvalue weighted by molar-refractivity contribution is 5.94. The van der Waals surface area contributed by atoms with E-state index in [1.54, 1.807) is 9.80 Å². The molecular formula is C50H62N8O9. The molecule has 0 radical (unpaired) electrons. The number of benzene rings is 4. The minimum atomic E-state index is -1.58. The van der Waals surface area contributed by atoms with Crippen molar-refractivity contribution in [2.24, 2.45) is 23.3 Å². The van der Waals surface area contributed by atoms with Crippen LogP contribution in [0.25, 0.3) is 0 Å². The number of primary amides is 2. The molecule has 0 aromatic heterocycles. The number of rotatable bonds is 18. The van der Waals surface area contributed by atoms with Gasteiger partial charge in [0.15, 0.2) is 12.2 Å². The van der Waals surface area contributed by atoms with Gasteiger partial charge in [-0.1, -0.05) is 121 Å². The van der Waals surface area contributed by atoms with Crippen LogP contribution in [-0.2, 0) is 39.7 Å². The molecule has 2 saturated heterocycles. The summed E-state index contributed by atoms with van der Waals surface area (Å²) in [7, 11) is 7.59. The Bertz CT molecular complexity index is 2090. The third-order valence-electron chi connectivity index (χ3n) is 12.4. The zero-order valence-corrected chi connectivity index (χ0v) is 38.4. The van der Waals surface area contributed by atoms with E-state index in [0.29, 0.717) is 48.4 Å². The highest BCUT2D eigenvalue weighted by Gasteiger charge is 2.59. The van der Waals surface area contributed by atoms with Crippen molar-refractivity contribution in [3.8, 4) is 0 Å². The van der Waals surface area contributed by atoms with Crippen LogP contribution in [0.1, 0.15) is 35.1 Å². The molecule has 0 spiro atoms. The van der Waals surface area contributed by atoms with Gasteiger partial charge in [0.05, 0.1) is 0 Å². The third-order valence-corrected chi connectivity index (χ3v) is 12.4. The van der Waals surface area contributed by atoms with Gasteiger partial charge in [-0.25, -0.2) is 19.2 Å². The van der Waals surface area contributed by atoms with Crippen LogP contribution in [0.15, 0.2) is 133 Å². The minimum absolute atomic E-state index is 0. The number of amides is 6. The van der Waals surface area contributed by atoms with E-state index in [1.807, 2.05) is 159 Å². The molecule has 0 aliphatic carbocycles. The van der Waals surface area contributed by atoms with Crippen molar-refractivity contribution in [1.82, 2.24) is 30.2 Å². The van der Waals surface area contributed by atoms with Crippen LogP contribution in [0.4, 0.5) is 9.59 Å². The fourth-order valence-electron chi connectivity index (χ4n) is 9.66. The first-order valence-electron chi connectivity index (χ1n) is 22.0. The predicted molar refractivity (Wildman–Crippen MR) is 252 cm³/mol. The normalized spacial score (nSPS) is 18.2. The molecule has 356 valence electrons. The molecule has 4 atom stereocenters. The van der Waals surface area contributed by atoms with E-state index in [9.17, 15) is 28.8 Å². The highest BCUT2D eigenvalue weighted by atomic mass is 16.6. The molecule has 0 saturated carbocycles. The maximum Gasteiger partial charge on any atom is 0.331 e. The number of nitrogens with zero attached hydrogens (tertiary/aromatic N) is 4. The van der Waals surface area contributed by atoms with Crippen LogP contribution in [0.2, 0.25) is 0 Å².